The van der Waals surface area contributed by atoms with Crippen molar-refractivity contribution in [2.45, 2.75) is 46.1 Å². The summed E-state index contributed by atoms with van der Waals surface area (Å²) in [6, 6.07) is 6.05. The smallest absolute Gasteiger partial charge is 0.226 e. The summed E-state index contributed by atoms with van der Waals surface area (Å²) >= 11 is 0. The number of rotatable bonds is 4. The first kappa shape index (κ1) is 13.7. The molecule has 3 nitrogen and oxygen atoms in total. The van der Waals surface area contributed by atoms with Crippen molar-refractivity contribution in [1.82, 2.24) is 0 Å². The number of anilines is 1. The summed E-state index contributed by atoms with van der Waals surface area (Å²) in [5.74, 6) is -0.0264. The van der Waals surface area contributed by atoms with Gasteiger partial charge >= 0.3 is 0 Å². The van der Waals surface area contributed by atoms with Crippen LogP contribution >= 0.6 is 0 Å². The van der Waals surface area contributed by atoms with E-state index in [2.05, 4.69) is 12.2 Å². The zero-order valence-corrected chi connectivity index (χ0v) is 11.1. The van der Waals surface area contributed by atoms with Gasteiger partial charge < -0.3 is 11.1 Å². The van der Waals surface area contributed by atoms with Crippen molar-refractivity contribution < 1.29 is 4.79 Å². The summed E-state index contributed by atoms with van der Waals surface area (Å²) < 4.78 is 0. The zero-order chi connectivity index (χ0) is 13.1. The molecule has 3 N–H and O–H groups in total. The lowest BCUT2D eigenvalue weighted by atomic mass is 10.0. The average Bonchev–Trinajstić information content (AvgIpc) is 2.18. The molecule has 1 aromatic carbocycles. The molecular weight excluding hydrogens is 212 g/mol. The lowest BCUT2D eigenvalue weighted by Crippen LogP contribution is -2.36. The van der Waals surface area contributed by atoms with E-state index in [0.717, 1.165) is 23.2 Å². The number of carbonyl (C=O) groups excluding carboxylic acids is 1. The summed E-state index contributed by atoms with van der Waals surface area (Å²) in [5, 5.41) is 2.97. The van der Waals surface area contributed by atoms with Gasteiger partial charge in [0, 0.05) is 17.6 Å². The van der Waals surface area contributed by atoms with Gasteiger partial charge in [-0.1, -0.05) is 25.1 Å². The van der Waals surface area contributed by atoms with E-state index in [1.165, 1.54) is 0 Å². The van der Waals surface area contributed by atoms with Crippen molar-refractivity contribution in [3.05, 3.63) is 29.3 Å². The number of carbonyl (C=O) groups is 1. The third kappa shape index (κ3) is 4.19. The SMILES string of the molecule is CCc1cccc(C)c1NC(=O)CC(C)(C)N. The Kier molecular flexibility index (Phi) is 4.29. The van der Waals surface area contributed by atoms with Gasteiger partial charge in [0.2, 0.25) is 5.91 Å². The minimum atomic E-state index is -0.473. The molecule has 1 amide bonds. The molecule has 0 saturated carbocycles. The lowest BCUT2D eigenvalue weighted by Gasteiger charge is -2.19. The third-order valence-corrected chi connectivity index (χ3v) is 2.62. The number of nitrogens with one attached hydrogen (secondary N) is 1. The molecule has 0 spiro atoms. The molecule has 0 heterocycles. The van der Waals surface area contributed by atoms with Gasteiger partial charge in [0.05, 0.1) is 0 Å². The molecule has 0 saturated heterocycles. The topological polar surface area (TPSA) is 55.1 Å². The van der Waals surface area contributed by atoms with Crippen LogP contribution in [-0.4, -0.2) is 11.4 Å². The van der Waals surface area contributed by atoms with Gasteiger partial charge in [-0.2, -0.15) is 0 Å². The molecule has 0 aliphatic rings. The number of benzene rings is 1. The Labute approximate surface area is 103 Å². The molecule has 0 aliphatic heterocycles. The van der Waals surface area contributed by atoms with Crippen molar-refractivity contribution in [3.63, 3.8) is 0 Å². The zero-order valence-electron chi connectivity index (χ0n) is 11.1. The van der Waals surface area contributed by atoms with Gasteiger partial charge in [-0.05, 0) is 38.3 Å². The standard InChI is InChI=1S/C14H22N2O/c1-5-11-8-6-7-10(2)13(11)16-12(17)9-14(3,4)15/h6-8H,5,9,15H2,1-4H3,(H,16,17). The van der Waals surface area contributed by atoms with E-state index in [1.54, 1.807) is 0 Å². The first-order valence-corrected chi connectivity index (χ1v) is 6.00. The molecule has 0 unspecified atom stereocenters. The fourth-order valence-corrected chi connectivity index (χ4v) is 1.80. The van der Waals surface area contributed by atoms with Crippen LogP contribution in [0.3, 0.4) is 0 Å². The molecule has 0 fully saturated rings. The summed E-state index contributed by atoms with van der Waals surface area (Å²) in [7, 11) is 0. The van der Waals surface area contributed by atoms with Gasteiger partial charge in [0.25, 0.3) is 0 Å². The summed E-state index contributed by atoms with van der Waals surface area (Å²) in [5.41, 5.74) is 8.55. The van der Waals surface area contributed by atoms with E-state index in [9.17, 15) is 4.79 Å². The highest BCUT2D eigenvalue weighted by molar-refractivity contribution is 5.93. The molecule has 0 radical (unpaired) electrons. The predicted molar refractivity (Wildman–Crippen MR) is 72.1 cm³/mol. The van der Waals surface area contributed by atoms with Crippen LogP contribution in [0.4, 0.5) is 5.69 Å². The number of para-hydroxylation sites is 1. The molecule has 3 heteroatoms. The Morgan fingerprint density at radius 1 is 1.41 bits per heavy atom. The van der Waals surface area contributed by atoms with E-state index in [0.29, 0.717) is 6.42 Å². The van der Waals surface area contributed by atoms with Gasteiger partial charge in [-0.15, -0.1) is 0 Å². The fourth-order valence-electron chi connectivity index (χ4n) is 1.80. The maximum absolute atomic E-state index is 11.9. The van der Waals surface area contributed by atoms with Crippen molar-refractivity contribution in [3.8, 4) is 0 Å². The van der Waals surface area contributed by atoms with E-state index >= 15 is 0 Å². The minimum absolute atomic E-state index is 0.0264. The third-order valence-electron chi connectivity index (χ3n) is 2.62. The summed E-state index contributed by atoms with van der Waals surface area (Å²) in [4.78, 5) is 11.9. The largest absolute Gasteiger partial charge is 0.326 e. The number of hydrogen-bond donors (Lipinski definition) is 2. The quantitative estimate of drug-likeness (QED) is 0.841. The Hall–Kier alpha value is -1.35. The average molecular weight is 234 g/mol. The number of hydrogen-bond acceptors (Lipinski definition) is 2. The van der Waals surface area contributed by atoms with Crippen molar-refractivity contribution in [1.29, 1.82) is 0 Å². The van der Waals surface area contributed by atoms with Crippen LogP contribution in [0.1, 0.15) is 38.3 Å². The second-order valence-electron chi connectivity index (χ2n) is 5.18. The van der Waals surface area contributed by atoms with Gasteiger partial charge in [-0.25, -0.2) is 0 Å². The predicted octanol–water partition coefficient (Wildman–Crippen LogP) is 2.62. The molecule has 0 atom stereocenters. The molecule has 0 aliphatic carbocycles. The van der Waals surface area contributed by atoms with Crippen molar-refractivity contribution in [2.24, 2.45) is 5.73 Å². The molecular formula is C14H22N2O. The number of aryl methyl sites for hydroxylation is 2. The molecule has 1 rings (SSSR count). The lowest BCUT2D eigenvalue weighted by molar-refractivity contribution is -0.117. The van der Waals surface area contributed by atoms with Crippen molar-refractivity contribution >= 4 is 11.6 Å². The maximum atomic E-state index is 11.9. The number of nitrogens with two attached hydrogens (primary N) is 1. The Balaban J connectivity index is 2.84. The molecule has 17 heavy (non-hydrogen) atoms. The normalized spacial score (nSPS) is 11.4. The van der Waals surface area contributed by atoms with Crippen LogP contribution in [0.15, 0.2) is 18.2 Å². The van der Waals surface area contributed by atoms with Crippen molar-refractivity contribution in [2.75, 3.05) is 5.32 Å². The van der Waals surface area contributed by atoms with Crippen LogP contribution in [0, 0.1) is 6.92 Å². The second kappa shape index (κ2) is 5.32. The Bertz CT molecular complexity index is 405. The van der Waals surface area contributed by atoms with E-state index < -0.39 is 5.54 Å². The molecule has 0 aromatic heterocycles. The molecule has 94 valence electrons. The van der Waals surface area contributed by atoms with Crippen LogP contribution in [-0.2, 0) is 11.2 Å². The van der Waals surface area contributed by atoms with Gasteiger partial charge in [0.15, 0.2) is 0 Å². The highest BCUT2D eigenvalue weighted by Crippen LogP contribution is 2.21. The highest BCUT2D eigenvalue weighted by Gasteiger charge is 2.17. The number of amides is 1. The van der Waals surface area contributed by atoms with E-state index in [1.807, 2.05) is 39.0 Å². The van der Waals surface area contributed by atoms with Gasteiger partial charge in [0.1, 0.15) is 0 Å². The Morgan fingerprint density at radius 2 is 2.06 bits per heavy atom. The highest BCUT2D eigenvalue weighted by atomic mass is 16.1. The van der Waals surface area contributed by atoms with E-state index in [-0.39, 0.29) is 5.91 Å². The Morgan fingerprint density at radius 3 is 2.59 bits per heavy atom. The minimum Gasteiger partial charge on any atom is -0.326 e. The monoisotopic (exact) mass is 234 g/mol. The maximum Gasteiger partial charge on any atom is 0.226 e. The first-order valence-electron chi connectivity index (χ1n) is 6.00. The molecule has 1 aromatic rings. The second-order valence-corrected chi connectivity index (χ2v) is 5.18. The van der Waals surface area contributed by atoms with Crippen LogP contribution in [0.25, 0.3) is 0 Å². The van der Waals surface area contributed by atoms with Crippen LogP contribution < -0.4 is 11.1 Å². The van der Waals surface area contributed by atoms with Crippen LogP contribution in [0.2, 0.25) is 0 Å². The van der Waals surface area contributed by atoms with Gasteiger partial charge in [-0.3, -0.25) is 4.79 Å². The molecule has 0 bridgehead atoms. The van der Waals surface area contributed by atoms with E-state index in [4.69, 9.17) is 5.73 Å². The summed E-state index contributed by atoms with van der Waals surface area (Å²) in [6.45, 7) is 7.79. The van der Waals surface area contributed by atoms with Crippen LogP contribution in [0.5, 0.6) is 0 Å². The first-order chi connectivity index (χ1) is 7.83. The fraction of sp³-hybridized carbons (Fsp3) is 0.500. The summed E-state index contributed by atoms with van der Waals surface area (Å²) in [6.07, 6.45) is 1.23.